The fraction of sp³-hybridized carbons (Fsp3) is 0.0952. The SMILES string of the molecule is C[C@@H](N)c1ccc2c(c1)ncn2-c1c(F)ccc(-c2ccccc2)c1F. The van der Waals surface area contributed by atoms with Crippen molar-refractivity contribution < 1.29 is 8.78 Å². The van der Waals surface area contributed by atoms with Crippen LogP contribution >= 0.6 is 0 Å². The Hall–Kier alpha value is -3.05. The first kappa shape index (κ1) is 16.4. The van der Waals surface area contributed by atoms with E-state index in [0.29, 0.717) is 22.2 Å². The molecule has 5 heteroatoms. The summed E-state index contributed by atoms with van der Waals surface area (Å²) in [7, 11) is 0. The van der Waals surface area contributed by atoms with Crippen LogP contribution in [0.25, 0.3) is 27.8 Å². The third-order valence-electron chi connectivity index (χ3n) is 4.49. The number of imidazole rings is 1. The minimum Gasteiger partial charge on any atom is -0.324 e. The molecular formula is C21H17F2N3. The molecule has 0 spiro atoms. The smallest absolute Gasteiger partial charge is 0.158 e. The predicted octanol–water partition coefficient (Wildman–Crippen LogP) is 4.99. The van der Waals surface area contributed by atoms with Crippen LogP contribution in [0, 0.1) is 11.6 Å². The van der Waals surface area contributed by atoms with Crippen molar-refractivity contribution in [1.29, 1.82) is 0 Å². The van der Waals surface area contributed by atoms with E-state index in [1.54, 1.807) is 18.2 Å². The molecular weight excluding hydrogens is 332 g/mol. The van der Waals surface area contributed by atoms with E-state index >= 15 is 4.39 Å². The number of nitrogens with two attached hydrogens (primary N) is 1. The molecule has 1 atom stereocenters. The summed E-state index contributed by atoms with van der Waals surface area (Å²) in [6.45, 7) is 1.88. The molecule has 0 fully saturated rings. The number of benzene rings is 3. The lowest BCUT2D eigenvalue weighted by Crippen LogP contribution is -2.05. The Kier molecular flexibility index (Phi) is 4.01. The van der Waals surface area contributed by atoms with Crippen molar-refractivity contribution in [2.75, 3.05) is 0 Å². The van der Waals surface area contributed by atoms with Gasteiger partial charge in [-0.3, -0.25) is 4.57 Å². The summed E-state index contributed by atoms with van der Waals surface area (Å²) < 4.78 is 31.2. The van der Waals surface area contributed by atoms with Crippen molar-refractivity contribution >= 4 is 11.0 Å². The van der Waals surface area contributed by atoms with Gasteiger partial charge in [0.15, 0.2) is 5.82 Å². The summed E-state index contributed by atoms with van der Waals surface area (Å²) in [5.74, 6) is -1.26. The Balaban J connectivity index is 1.92. The molecule has 0 aliphatic heterocycles. The van der Waals surface area contributed by atoms with Crippen molar-refractivity contribution in [2.45, 2.75) is 13.0 Å². The van der Waals surface area contributed by atoms with E-state index in [1.165, 1.54) is 23.0 Å². The summed E-state index contributed by atoms with van der Waals surface area (Å²) in [4.78, 5) is 4.30. The van der Waals surface area contributed by atoms with Crippen molar-refractivity contribution in [3.63, 3.8) is 0 Å². The molecule has 1 heterocycles. The minimum absolute atomic E-state index is 0.137. The van der Waals surface area contributed by atoms with Gasteiger partial charge in [-0.15, -0.1) is 0 Å². The van der Waals surface area contributed by atoms with Gasteiger partial charge in [-0.05, 0) is 42.3 Å². The molecule has 26 heavy (non-hydrogen) atoms. The van der Waals surface area contributed by atoms with Gasteiger partial charge < -0.3 is 5.73 Å². The fourth-order valence-corrected chi connectivity index (χ4v) is 3.09. The highest BCUT2D eigenvalue weighted by molar-refractivity contribution is 5.79. The minimum atomic E-state index is -0.641. The van der Waals surface area contributed by atoms with Crippen LogP contribution in [0.3, 0.4) is 0 Å². The summed E-state index contributed by atoms with van der Waals surface area (Å²) >= 11 is 0. The maximum Gasteiger partial charge on any atom is 0.158 e. The van der Waals surface area contributed by atoms with Crippen molar-refractivity contribution in [3.05, 3.63) is 84.2 Å². The summed E-state index contributed by atoms with van der Waals surface area (Å²) in [6, 6.07) is 17.1. The van der Waals surface area contributed by atoms with Crippen LogP contribution < -0.4 is 5.73 Å². The molecule has 0 aliphatic rings. The Labute approximate surface area is 149 Å². The van der Waals surface area contributed by atoms with E-state index < -0.39 is 11.6 Å². The van der Waals surface area contributed by atoms with Crippen LogP contribution in [0.2, 0.25) is 0 Å². The van der Waals surface area contributed by atoms with Crippen LogP contribution in [-0.4, -0.2) is 9.55 Å². The zero-order valence-electron chi connectivity index (χ0n) is 14.2. The molecule has 2 N–H and O–H groups in total. The van der Waals surface area contributed by atoms with Gasteiger partial charge in [0.1, 0.15) is 17.8 Å². The van der Waals surface area contributed by atoms with Gasteiger partial charge >= 0.3 is 0 Å². The highest BCUT2D eigenvalue weighted by atomic mass is 19.1. The number of nitrogens with zero attached hydrogens (tertiary/aromatic N) is 2. The summed E-state index contributed by atoms with van der Waals surface area (Å²) in [5, 5.41) is 0. The predicted molar refractivity (Wildman–Crippen MR) is 99.0 cm³/mol. The highest BCUT2D eigenvalue weighted by Crippen LogP contribution is 2.31. The number of rotatable bonds is 3. The first-order valence-corrected chi connectivity index (χ1v) is 8.32. The molecule has 4 rings (SSSR count). The lowest BCUT2D eigenvalue weighted by Gasteiger charge is -2.12. The topological polar surface area (TPSA) is 43.8 Å². The lowest BCUT2D eigenvalue weighted by molar-refractivity contribution is 0.573. The van der Waals surface area contributed by atoms with Crippen LogP contribution in [0.5, 0.6) is 0 Å². The van der Waals surface area contributed by atoms with E-state index in [2.05, 4.69) is 4.98 Å². The van der Waals surface area contributed by atoms with Crippen LogP contribution in [0.15, 0.2) is 67.0 Å². The molecule has 4 aromatic rings. The fourth-order valence-electron chi connectivity index (χ4n) is 3.09. The molecule has 1 aromatic heterocycles. The molecule has 0 unspecified atom stereocenters. The van der Waals surface area contributed by atoms with Gasteiger partial charge in [0, 0.05) is 11.6 Å². The third kappa shape index (κ3) is 2.66. The molecule has 3 nitrogen and oxygen atoms in total. The standard InChI is InChI=1S/C21H17F2N3/c1-13(24)15-7-10-19-18(11-15)25-12-26(19)21-17(22)9-8-16(20(21)23)14-5-3-2-4-6-14/h2-13H,24H2,1H3/t13-/m1/s1. The largest absolute Gasteiger partial charge is 0.324 e. The van der Waals surface area contributed by atoms with Crippen LogP contribution in [-0.2, 0) is 0 Å². The Morgan fingerprint density at radius 2 is 1.77 bits per heavy atom. The van der Waals surface area contributed by atoms with Gasteiger partial charge in [-0.25, -0.2) is 13.8 Å². The highest BCUT2D eigenvalue weighted by Gasteiger charge is 2.18. The number of hydrogen-bond acceptors (Lipinski definition) is 2. The van der Waals surface area contributed by atoms with Crippen molar-refractivity contribution in [2.24, 2.45) is 5.73 Å². The van der Waals surface area contributed by atoms with Gasteiger partial charge in [0.2, 0.25) is 0 Å². The molecule has 0 radical (unpaired) electrons. The zero-order chi connectivity index (χ0) is 18.3. The lowest BCUT2D eigenvalue weighted by atomic mass is 10.0. The molecule has 0 saturated heterocycles. The quantitative estimate of drug-likeness (QED) is 0.566. The van der Waals surface area contributed by atoms with Gasteiger partial charge in [-0.2, -0.15) is 0 Å². The van der Waals surface area contributed by atoms with E-state index in [9.17, 15) is 4.39 Å². The van der Waals surface area contributed by atoms with E-state index in [0.717, 1.165) is 5.56 Å². The number of halogens is 2. The second kappa shape index (κ2) is 6.35. The Morgan fingerprint density at radius 1 is 1.00 bits per heavy atom. The maximum atomic E-state index is 15.2. The van der Waals surface area contributed by atoms with Crippen molar-refractivity contribution in [3.8, 4) is 16.8 Å². The maximum absolute atomic E-state index is 15.2. The molecule has 0 bridgehead atoms. The van der Waals surface area contributed by atoms with Gasteiger partial charge in [-0.1, -0.05) is 36.4 Å². The summed E-state index contributed by atoms with van der Waals surface area (Å²) in [5.41, 5.74) is 8.98. The molecule has 0 saturated carbocycles. The number of aromatic nitrogens is 2. The second-order valence-electron chi connectivity index (χ2n) is 6.27. The van der Waals surface area contributed by atoms with Gasteiger partial charge in [0.05, 0.1) is 11.0 Å². The zero-order valence-corrected chi connectivity index (χ0v) is 14.2. The van der Waals surface area contributed by atoms with E-state index in [1.807, 2.05) is 37.3 Å². The van der Waals surface area contributed by atoms with Crippen molar-refractivity contribution in [1.82, 2.24) is 9.55 Å². The Morgan fingerprint density at radius 3 is 2.50 bits per heavy atom. The molecule has 130 valence electrons. The second-order valence-corrected chi connectivity index (χ2v) is 6.27. The van der Waals surface area contributed by atoms with E-state index in [-0.39, 0.29) is 11.7 Å². The number of hydrogen-bond donors (Lipinski definition) is 1. The van der Waals surface area contributed by atoms with Gasteiger partial charge in [0.25, 0.3) is 0 Å². The Bertz CT molecular complexity index is 1090. The molecule has 3 aromatic carbocycles. The molecule has 0 aliphatic carbocycles. The normalized spacial score (nSPS) is 12.5. The van der Waals surface area contributed by atoms with Crippen LogP contribution in [0.1, 0.15) is 18.5 Å². The molecule has 0 amide bonds. The average molecular weight is 349 g/mol. The first-order valence-electron chi connectivity index (χ1n) is 8.32. The monoisotopic (exact) mass is 349 g/mol. The third-order valence-corrected chi connectivity index (χ3v) is 4.49. The number of fused-ring (bicyclic) bond motifs is 1. The van der Waals surface area contributed by atoms with Crippen LogP contribution in [0.4, 0.5) is 8.78 Å². The summed E-state index contributed by atoms with van der Waals surface area (Å²) in [6.07, 6.45) is 1.44. The first-order chi connectivity index (χ1) is 12.6. The average Bonchev–Trinajstić information content (AvgIpc) is 3.05. The van der Waals surface area contributed by atoms with E-state index in [4.69, 9.17) is 5.73 Å².